The number of nitrogens with zero attached hydrogens (tertiary/aromatic N) is 1. The van der Waals surface area contributed by atoms with Crippen LogP contribution in [0.25, 0.3) is 0 Å². The second-order valence-corrected chi connectivity index (χ2v) is 4.38. The molecule has 3 rings (SSSR count). The van der Waals surface area contributed by atoms with Crippen LogP contribution in [0.1, 0.15) is 17.2 Å². The van der Waals surface area contributed by atoms with Gasteiger partial charge >= 0.3 is 0 Å². The smallest absolute Gasteiger partial charge is 0.151 e. The number of benzene rings is 1. The SMILES string of the molecule is NCC1Cc2ncc(F)cc2Oc2ccccc21. The second kappa shape index (κ2) is 4.38. The molecule has 0 saturated carbocycles. The third-order valence-corrected chi connectivity index (χ3v) is 3.20. The molecule has 0 spiro atoms. The van der Waals surface area contributed by atoms with E-state index in [0.29, 0.717) is 18.7 Å². The highest BCUT2D eigenvalue weighted by atomic mass is 19.1. The standard InChI is InChI=1S/C14H13FN2O/c15-10-6-14-12(17-8-10)5-9(7-16)11-3-1-2-4-13(11)18-14/h1-4,6,8-9H,5,7,16H2. The zero-order valence-corrected chi connectivity index (χ0v) is 9.77. The van der Waals surface area contributed by atoms with E-state index in [2.05, 4.69) is 4.98 Å². The molecule has 4 heteroatoms. The monoisotopic (exact) mass is 244 g/mol. The van der Waals surface area contributed by atoms with E-state index in [1.165, 1.54) is 12.3 Å². The Morgan fingerprint density at radius 3 is 3.00 bits per heavy atom. The molecule has 1 aliphatic rings. The van der Waals surface area contributed by atoms with Gasteiger partial charge in [-0.25, -0.2) is 4.39 Å². The fourth-order valence-electron chi connectivity index (χ4n) is 2.27. The van der Waals surface area contributed by atoms with Gasteiger partial charge in [0, 0.05) is 18.4 Å². The fourth-order valence-corrected chi connectivity index (χ4v) is 2.27. The Balaban J connectivity index is 2.13. The molecule has 0 fully saturated rings. The summed E-state index contributed by atoms with van der Waals surface area (Å²) in [5, 5.41) is 0. The first-order valence-electron chi connectivity index (χ1n) is 5.89. The molecule has 0 saturated heterocycles. The average molecular weight is 244 g/mol. The molecular weight excluding hydrogens is 231 g/mol. The van der Waals surface area contributed by atoms with E-state index in [-0.39, 0.29) is 5.92 Å². The molecule has 3 nitrogen and oxygen atoms in total. The summed E-state index contributed by atoms with van der Waals surface area (Å²) in [6.07, 6.45) is 1.88. The van der Waals surface area contributed by atoms with Crippen LogP contribution in [0.2, 0.25) is 0 Å². The van der Waals surface area contributed by atoms with Gasteiger partial charge in [-0.2, -0.15) is 0 Å². The third-order valence-electron chi connectivity index (χ3n) is 3.20. The molecule has 1 aromatic carbocycles. The van der Waals surface area contributed by atoms with Gasteiger partial charge in [0.1, 0.15) is 11.6 Å². The zero-order valence-electron chi connectivity index (χ0n) is 9.77. The van der Waals surface area contributed by atoms with E-state index in [0.717, 1.165) is 17.0 Å². The number of ether oxygens (including phenoxy) is 1. The Morgan fingerprint density at radius 1 is 1.33 bits per heavy atom. The summed E-state index contributed by atoms with van der Waals surface area (Å²) in [5.41, 5.74) is 7.62. The van der Waals surface area contributed by atoms with Crippen molar-refractivity contribution in [3.8, 4) is 11.5 Å². The lowest BCUT2D eigenvalue weighted by atomic mass is 9.94. The van der Waals surface area contributed by atoms with Crippen LogP contribution in [0, 0.1) is 5.82 Å². The van der Waals surface area contributed by atoms with Gasteiger partial charge in [-0.05, 0) is 18.2 Å². The van der Waals surface area contributed by atoms with Crippen LogP contribution in [0.15, 0.2) is 36.5 Å². The number of fused-ring (bicyclic) bond motifs is 2. The minimum atomic E-state index is -0.391. The van der Waals surface area contributed by atoms with Crippen molar-refractivity contribution in [1.29, 1.82) is 0 Å². The maximum atomic E-state index is 13.2. The van der Waals surface area contributed by atoms with Gasteiger partial charge in [-0.3, -0.25) is 4.98 Å². The van der Waals surface area contributed by atoms with Crippen LogP contribution >= 0.6 is 0 Å². The van der Waals surface area contributed by atoms with Gasteiger partial charge in [0.2, 0.25) is 0 Å². The van der Waals surface area contributed by atoms with Crippen LogP contribution in [-0.2, 0) is 6.42 Å². The second-order valence-electron chi connectivity index (χ2n) is 4.38. The molecule has 2 aromatic rings. The van der Waals surface area contributed by atoms with Crippen molar-refractivity contribution >= 4 is 0 Å². The molecule has 0 bridgehead atoms. The summed E-state index contributed by atoms with van der Waals surface area (Å²) in [7, 11) is 0. The molecule has 1 atom stereocenters. The molecule has 2 heterocycles. The molecule has 0 radical (unpaired) electrons. The Hall–Kier alpha value is -1.94. The minimum Gasteiger partial charge on any atom is -0.455 e. The van der Waals surface area contributed by atoms with Crippen LogP contribution < -0.4 is 10.5 Å². The molecule has 0 amide bonds. The van der Waals surface area contributed by atoms with Crippen molar-refractivity contribution in [2.45, 2.75) is 12.3 Å². The summed E-state index contributed by atoms with van der Waals surface area (Å²) in [6, 6.07) is 9.09. The Morgan fingerprint density at radius 2 is 2.17 bits per heavy atom. The Labute approximate surface area is 104 Å². The number of para-hydroxylation sites is 1. The normalized spacial score (nSPS) is 17.3. The van der Waals surface area contributed by atoms with E-state index < -0.39 is 5.82 Å². The summed E-state index contributed by atoms with van der Waals surface area (Å²) in [5.74, 6) is 0.982. The number of rotatable bonds is 1. The van der Waals surface area contributed by atoms with Crippen molar-refractivity contribution in [2.24, 2.45) is 5.73 Å². The van der Waals surface area contributed by atoms with Crippen molar-refractivity contribution < 1.29 is 9.13 Å². The molecule has 1 unspecified atom stereocenters. The largest absolute Gasteiger partial charge is 0.455 e. The van der Waals surface area contributed by atoms with Crippen molar-refractivity contribution in [3.63, 3.8) is 0 Å². The first-order chi connectivity index (χ1) is 8.78. The van der Waals surface area contributed by atoms with Gasteiger partial charge in [0.25, 0.3) is 0 Å². The summed E-state index contributed by atoms with van der Waals surface area (Å²) in [4.78, 5) is 4.10. The lowest BCUT2D eigenvalue weighted by Crippen LogP contribution is -2.14. The number of halogens is 1. The van der Waals surface area contributed by atoms with Crippen LogP contribution in [-0.4, -0.2) is 11.5 Å². The number of pyridine rings is 1. The molecule has 2 N–H and O–H groups in total. The third kappa shape index (κ3) is 1.84. The Bertz CT molecular complexity index is 586. The van der Waals surface area contributed by atoms with Crippen LogP contribution in [0.5, 0.6) is 11.5 Å². The van der Waals surface area contributed by atoms with Crippen molar-refractivity contribution in [2.75, 3.05) is 6.54 Å². The van der Waals surface area contributed by atoms with Crippen molar-refractivity contribution in [1.82, 2.24) is 4.98 Å². The topological polar surface area (TPSA) is 48.1 Å². The molecule has 1 aromatic heterocycles. The number of hydrogen-bond acceptors (Lipinski definition) is 3. The van der Waals surface area contributed by atoms with Gasteiger partial charge in [-0.1, -0.05) is 18.2 Å². The highest BCUT2D eigenvalue weighted by Gasteiger charge is 2.23. The van der Waals surface area contributed by atoms with E-state index in [4.69, 9.17) is 10.5 Å². The summed E-state index contributed by atoms with van der Waals surface area (Å²) >= 11 is 0. The molecule has 92 valence electrons. The molecular formula is C14H13FN2O. The molecule has 1 aliphatic heterocycles. The van der Waals surface area contributed by atoms with Gasteiger partial charge in [-0.15, -0.1) is 0 Å². The highest BCUT2D eigenvalue weighted by molar-refractivity contribution is 5.45. The molecule has 18 heavy (non-hydrogen) atoms. The number of nitrogens with two attached hydrogens (primary N) is 1. The van der Waals surface area contributed by atoms with E-state index in [1.807, 2.05) is 24.3 Å². The number of aromatic nitrogens is 1. The minimum absolute atomic E-state index is 0.153. The maximum Gasteiger partial charge on any atom is 0.151 e. The quantitative estimate of drug-likeness (QED) is 0.838. The maximum absolute atomic E-state index is 13.2. The van der Waals surface area contributed by atoms with Gasteiger partial charge in [0.05, 0.1) is 11.9 Å². The zero-order chi connectivity index (χ0) is 12.5. The van der Waals surface area contributed by atoms with E-state index in [1.54, 1.807) is 0 Å². The average Bonchev–Trinajstić information content (AvgIpc) is 2.54. The predicted molar refractivity (Wildman–Crippen MR) is 66.2 cm³/mol. The number of hydrogen-bond donors (Lipinski definition) is 1. The first-order valence-corrected chi connectivity index (χ1v) is 5.89. The van der Waals surface area contributed by atoms with Gasteiger partial charge in [0.15, 0.2) is 5.75 Å². The summed E-state index contributed by atoms with van der Waals surface area (Å²) in [6.45, 7) is 0.513. The Kier molecular flexibility index (Phi) is 2.72. The van der Waals surface area contributed by atoms with Gasteiger partial charge < -0.3 is 10.5 Å². The van der Waals surface area contributed by atoms with Crippen molar-refractivity contribution in [3.05, 3.63) is 53.6 Å². The highest BCUT2D eigenvalue weighted by Crippen LogP contribution is 2.38. The van der Waals surface area contributed by atoms with E-state index >= 15 is 0 Å². The predicted octanol–water partition coefficient (Wildman–Crippen LogP) is 2.61. The molecule has 0 aliphatic carbocycles. The lowest BCUT2D eigenvalue weighted by Gasteiger charge is -2.13. The van der Waals surface area contributed by atoms with Crippen LogP contribution in [0.4, 0.5) is 4.39 Å². The first kappa shape index (κ1) is 11.2. The van der Waals surface area contributed by atoms with Crippen LogP contribution in [0.3, 0.4) is 0 Å². The van der Waals surface area contributed by atoms with E-state index in [9.17, 15) is 4.39 Å². The lowest BCUT2D eigenvalue weighted by molar-refractivity contribution is 0.469. The summed E-state index contributed by atoms with van der Waals surface area (Å²) < 4.78 is 19.0. The fraction of sp³-hybridized carbons (Fsp3) is 0.214.